The van der Waals surface area contributed by atoms with E-state index in [1.807, 2.05) is 0 Å². The maximum atomic E-state index is 12.5. The van der Waals surface area contributed by atoms with Crippen LogP contribution in [-0.4, -0.2) is 6.29 Å². The number of alkyl halides is 3. The van der Waals surface area contributed by atoms with Crippen molar-refractivity contribution in [1.29, 1.82) is 0 Å². The van der Waals surface area contributed by atoms with Crippen LogP contribution in [0.15, 0.2) is 18.2 Å². The Kier molecular flexibility index (Phi) is 3.73. The number of halogens is 3. The largest absolute Gasteiger partial charge is 0.416 e. The Bertz CT molecular complexity index is 382. The van der Waals surface area contributed by atoms with E-state index in [0.717, 1.165) is 17.9 Å². The summed E-state index contributed by atoms with van der Waals surface area (Å²) in [6.45, 7) is 3.16. The third-order valence-electron chi connectivity index (χ3n) is 2.39. The van der Waals surface area contributed by atoms with Crippen LogP contribution in [0.25, 0.3) is 0 Å². The summed E-state index contributed by atoms with van der Waals surface area (Å²) in [6, 6.07) is 3.99. The molecule has 0 saturated carbocycles. The average Bonchev–Trinajstić information content (AvgIpc) is 2.15. The van der Waals surface area contributed by atoms with Gasteiger partial charge in [0.2, 0.25) is 0 Å². The van der Waals surface area contributed by atoms with Crippen LogP contribution < -0.4 is 0 Å². The van der Waals surface area contributed by atoms with E-state index >= 15 is 0 Å². The monoisotopic (exact) mass is 230 g/mol. The molecule has 1 aromatic carbocycles. The first-order chi connectivity index (χ1) is 7.34. The molecular formula is C12H13F3O. The van der Waals surface area contributed by atoms with Gasteiger partial charge < -0.3 is 4.79 Å². The maximum Gasteiger partial charge on any atom is 0.416 e. The highest BCUT2D eigenvalue weighted by atomic mass is 19.4. The second kappa shape index (κ2) is 4.68. The van der Waals surface area contributed by atoms with Crippen molar-refractivity contribution in [2.24, 2.45) is 5.92 Å². The van der Waals surface area contributed by atoms with Crippen LogP contribution in [0, 0.1) is 12.8 Å². The molecule has 88 valence electrons. The van der Waals surface area contributed by atoms with Crippen molar-refractivity contribution in [1.82, 2.24) is 0 Å². The molecule has 0 radical (unpaired) electrons. The predicted molar refractivity (Wildman–Crippen MR) is 55.1 cm³/mol. The van der Waals surface area contributed by atoms with E-state index in [9.17, 15) is 18.0 Å². The van der Waals surface area contributed by atoms with Gasteiger partial charge in [0.15, 0.2) is 0 Å². The van der Waals surface area contributed by atoms with Crippen molar-refractivity contribution in [2.75, 3.05) is 0 Å². The van der Waals surface area contributed by atoms with E-state index in [1.165, 1.54) is 19.1 Å². The number of benzene rings is 1. The number of hydrogen-bond donors (Lipinski definition) is 0. The number of rotatable bonds is 3. The molecule has 0 N–H and O–H groups in total. The van der Waals surface area contributed by atoms with Crippen LogP contribution in [0.2, 0.25) is 0 Å². The lowest BCUT2D eigenvalue weighted by atomic mass is 9.98. The Morgan fingerprint density at radius 1 is 1.38 bits per heavy atom. The van der Waals surface area contributed by atoms with E-state index < -0.39 is 11.7 Å². The molecule has 0 aliphatic heterocycles. The summed E-state index contributed by atoms with van der Waals surface area (Å²) < 4.78 is 37.4. The zero-order valence-corrected chi connectivity index (χ0v) is 9.14. The van der Waals surface area contributed by atoms with Gasteiger partial charge in [0.25, 0.3) is 0 Å². The van der Waals surface area contributed by atoms with Gasteiger partial charge in [-0.25, -0.2) is 0 Å². The summed E-state index contributed by atoms with van der Waals surface area (Å²) >= 11 is 0. The molecule has 0 aliphatic rings. The summed E-state index contributed by atoms with van der Waals surface area (Å²) in [5.74, 6) is -0.170. The third kappa shape index (κ3) is 3.08. The summed E-state index contributed by atoms with van der Waals surface area (Å²) in [5, 5.41) is 0. The fraction of sp³-hybridized carbons (Fsp3) is 0.417. The first kappa shape index (κ1) is 12.7. The van der Waals surface area contributed by atoms with Gasteiger partial charge in [-0.2, -0.15) is 13.2 Å². The van der Waals surface area contributed by atoms with E-state index in [2.05, 4.69) is 0 Å². The average molecular weight is 230 g/mol. The van der Waals surface area contributed by atoms with Crippen molar-refractivity contribution in [3.05, 3.63) is 34.9 Å². The second-order valence-corrected chi connectivity index (χ2v) is 3.96. The van der Waals surface area contributed by atoms with Crippen LogP contribution in [-0.2, 0) is 17.4 Å². The number of aryl methyl sites for hydroxylation is 1. The molecule has 0 heterocycles. The van der Waals surface area contributed by atoms with Crippen molar-refractivity contribution < 1.29 is 18.0 Å². The highest BCUT2D eigenvalue weighted by Gasteiger charge is 2.32. The normalized spacial score (nSPS) is 13.6. The van der Waals surface area contributed by atoms with E-state index in [4.69, 9.17) is 0 Å². The van der Waals surface area contributed by atoms with Crippen LogP contribution in [0.3, 0.4) is 0 Å². The highest BCUT2D eigenvalue weighted by Crippen LogP contribution is 2.32. The Labute approximate surface area is 92.3 Å². The number of carbonyl (C=O) groups excluding carboxylic acids is 1. The van der Waals surface area contributed by atoms with Gasteiger partial charge in [-0.15, -0.1) is 0 Å². The zero-order chi connectivity index (χ0) is 12.3. The Hall–Kier alpha value is -1.32. The van der Waals surface area contributed by atoms with Gasteiger partial charge in [-0.05, 0) is 30.5 Å². The smallest absolute Gasteiger partial charge is 0.303 e. The molecule has 1 atom stereocenters. The topological polar surface area (TPSA) is 17.1 Å². The second-order valence-electron chi connectivity index (χ2n) is 3.96. The first-order valence-electron chi connectivity index (χ1n) is 4.96. The molecule has 4 heteroatoms. The lowest BCUT2D eigenvalue weighted by Crippen LogP contribution is -2.08. The van der Waals surface area contributed by atoms with Gasteiger partial charge >= 0.3 is 6.18 Å². The number of hydrogen-bond acceptors (Lipinski definition) is 1. The lowest BCUT2D eigenvalue weighted by molar-refractivity contribution is -0.138. The van der Waals surface area contributed by atoms with E-state index in [0.29, 0.717) is 6.42 Å². The summed E-state index contributed by atoms with van der Waals surface area (Å²) in [5.41, 5.74) is 0.336. The van der Waals surface area contributed by atoms with Crippen LogP contribution in [0.5, 0.6) is 0 Å². The van der Waals surface area contributed by atoms with Gasteiger partial charge in [0.05, 0.1) is 5.56 Å². The molecule has 1 rings (SSSR count). The number of carbonyl (C=O) groups is 1. The molecule has 0 saturated heterocycles. The highest BCUT2D eigenvalue weighted by molar-refractivity contribution is 5.53. The predicted octanol–water partition coefficient (Wildman–Crippen LogP) is 3.39. The SMILES string of the molecule is Cc1cc(CC(C)C=O)ccc1C(F)(F)F. The minimum atomic E-state index is -4.31. The van der Waals surface area contributed by atoms with Crippen molar-refractivity contribution in [2.45, 2.75) is 26.4 Å². The summed E-state index contributed by atoms with van der Waals surface area (Å²) in [4.78, 5) is 10.4. The zero-order valence-electron chi connectivity index (χ0n) is 9.14. The molecule has 0 bridgehead atoms. The molecule has 1 unspecified atom stereocenters. The molecule has 0 aliphatic carbocycles. The fourth-order valence-electron chi connectivity index (χ4n) is 1.59. The third-order valence-corrected chi connectivity index (χ3v) is 2.39. The van der Waals surface area contributed by atoms with Crippen molar-refractivity contribution >= 4 is 6.29 Å². The maximum absolute atomic E-state index is 12.5. The first-order valence-corrected chi connectivity index (χ1v) is 4.96. The van der Waals surface area contributed by atoms with Crippen LogP contribution in [0.1, 0.15) is 23.6 Å². The van der Waals surface area contributed by atoms with Gasteiger partial charge in [-0.3, -0.25) is 0 Å². The Balaban J connectivity index is 2.95. The lowest BCUT2D eigenvalue weighted by Gasteiger charge is -2.12. The molecule has 1 aromatic rings. The molecule has 0 amide bonds. The standard InChI is InChI=1S/C12H13F3O/c1-8(7-16)5-10-3-4-11(9(2)6-10)12(13,14)15/h3-4,6-8H,5H2,1-2H3. The van der Waals surface area contributed by atoms with Gasteiger partial charge in [-0.1, -0.05) is 19.1 Å². The van der Waals surface area contributed by atoms with Crippen molar-refractivity contribution in [3.8, 4) is 0 Å². The molecule has 1 nitrogen and oxygen atoms in total. The Morgan fingerprint density at radius 3 is 2.44 bits per heavy atom. The van der Waals surface area contributed by atoms with Crippen molar-refractivity contribution in [3.63, 3.8) is 0 Å². The fourth-order valence-corrected chi connectivity index (χ4v) is 1.59. The quantitative estimate of drug-likeness (QED) is 0.727. The molecule has 0 fully saturated rings. The van der Waals surface area contributed by atoms with E-state index in [1.54, 1.807) is 6.92 Å². The minimum absolute atomic E-state index is 0.170. The minimum Gasteiger partial charge on any atom is -0.303 e. The van der Waals surface area contributed by atoms with Crippen LogP contribution in [0.4, 0.5) is 13.2 Å². The molecule has 16 heavy (non-hydrogen) atoms. The Morgan fingerprint density at radius 2 is 2.00 bits per heavy atom. The van der Waals surface area contributed by atoms with Gasteiger partial charge in [0, 0.05) is 5.92 Å². The van der Waals surface area contributed by atoms with E-state index in [-0.39, 0.29) is 11.5 Å². The van der Waals surface area contributed by atoms with Gasteiger partial charge in [0.1, 0.15) is 6.29 Å². The van der Waals surface area contributed by atoms with Crippen LogP contribution >= 0.6 is 0 Å². The number of aldehydes is 1. The molecule has 0 spiro atoms. The molecular weight excluding hydrogens is 217 g/mol. The summed E-state index contributed by atoms with van der Waals surface area (Å²) in [6.07, 6.45) is -3.03. The molecule has 0 aromatic heterocycles. The summed E-state index contributed by atoms with van der Waals surface area (Å²) in [7, 11) is 0.